The van der Waals surface area contributed by atoms with Crippen LogP contribution in [-0.2, 0) is 13.1 Å². The SMILES string of the molecule is O=C(c1cc(-c2ccccc2)nc2ccccc12)N(Cc1ccccc1)Cc1ccccc1. The molecule has 0 aliphatic rings. The molecule has 5 aromatic rings. The molecule has 0 aliphatic heterocycles. The van der Waals surface area contributed by atoms with Crippen LogP contribution in [0.15, 0.2) is 121 Å². The monoisotopic (exact) mass is 428 g/mol. The van der Waals surface area contributed by atoms with Gasteiger partial charge in [0.1, 0.15) is 0 Å². The van der Waals surface area contributed by atoms with Crippen molar-refractivity contribution in [1.29, 1.82) is 0 Å². The molecule has 0 N–H and O–H groups in total. The summed E-state index contributed by atoms with van der Waals surface area (Å²) < 4.78 is 0. The fourth-order valence-electron chi connectivity index (χ4n) is 4.09. The van der Waals surface area contributed by atoms with Gasteiger partial charge >= 0.3 is 0 Å². The molecule has 0 radical (unpaired) electrons. The summed E-state index contributed by atoms with van der Waals surface area (Å²) in [4.78, 5) is 20.8. The van der Waals surface area contributed by atoms with Gasteiger partial charge < -0.3 is 4.90 Å². The minimum absolute atomic E-state index is 0.00140. The van der Waals surface area contributed by atoms with E-state index in [2.05, 4.69) is 24.3 Å². The van der Waals surface area contributed by atoms with Gasteiger partial charge in [0.2, 0.25) is 0 Å². The third kappa shape index (κ3) is 4.68. The minimum Gasteiger partial charge on any atom is -0.330 e. The number of benzene rings is 4. The summed E-state index contributed by atoms with van der Waals surface area (Å²) in [7, 11) is 0. The van der Waals surface area contributed by atoms with Crippen molar-refractivity contribution in [3.05, 3.63) is 138 Å². The second-order valence-electron chi connectivity index (χ2n) is 8.07. The number of amides is 1. The van der Waals surface area contributed by atoms with E-state index in [1.165, 1.54) is 0 Å². The fourth-order valence-corrected chi connectivity index (χ4v) is 4.09. The summed E-state index contributed by atoms with van der Waals surface area (Å²) in [6.07, 6.45) is 0. The second kappa shape index (κ2) is 9.49. The molecule has 160 valence electrons. The summed E-state index contributed by atoms with van der Waals surface area (Å²) in [6, 6.07) is 40.1. The van der Waals surface area contributed by atoms with Gasteiger partial charge in [-0.05, 0) is 23.3 Å². The number of rotatable bonds is 6. The number of carbonyl (C=O) groups excluding carboxylic acids is 1. The molecule has 0 spiro atoms. The van der Waals surface area contributed by atoms with Gasteiger partial charge in [-0.2, -0.15) is 0 Å². The highest BCUT2D eigenvalue weighted by Gasteiger charge is 2.21. The highest BCUT2D eigenvalue weighted by Crippen LogP contribution is 2.27. The zero-order chi connectivity index (χ0) is 22.5. The van der Waals surface area contributed by atoms with Crippen LogP contribution in [0.2, 0.25) is 0 Å². The smallest absolute Gasteiger partial charge is 0.255 e. The van der Waals surface area contributed by atoms with Crippen LogP contribution >= 0.6 is 0 Å². The molecule has 0 saturated heterocycles. The van der Waals surface area contributed by atoms with Crippen LogP contribution < -0.4 is 0 Å². The molecule has 1 amide bonds. The van der Waals surface area contributed by atoms with Crippen molar-refractivity contribution < 1.29 is 4.79 Å². The Kier molecular flexibility index (Phi) is 5.94. The lowest BCUT2D eigenvalue weighted by Crippen LogP contribution is -2.30. The number of para-hydroxylation sites is 1. The highest BCUT2D eigenvalue weighted by molar-refractivity contribution is 6.07. The molecule has 1 heterocycles. The number of fused-ring (bicyclic) bond motifs is 1. The van der Waals surface area contributed by atoms with E-state index in [1.807, 2.05) is 102 Å². The first-order valence-electron chi connectivity index (χ1n) is 11.1. The van der Waals surface area contributed by atoms with Gasteiger partial charge in [0.25, 0.3) is 5.91 Å². The molecular formula is C30H24N2O. The van der Waals surface area contributed by atoms with E-state index >= 15 is 0 Å². The Morgan fingerprint density at radius 1 is 0.636 bits per heavy atom. The van der Waals surface area contributed by atoms with E-state index in [0.717, 1.165) is 33.3 Å². The van der Waals surface area contributed by atoms with Gasteiger partial charge in [-0.1, -0.05) is 109 Å². The van der Waals surface area contributed by atoms with Crippen molar-refractivity contribution in [3.63, 3.8) is 0 Å². The zero-order valence-corrected chi connectivity index (χ0v) is 18.3. The highest BCUT2D eigenvalue weighted by atomic mass is 16.2. The Labute approximate surface area is 194 Å². The molecular weight excluding hydrogens is 404 g/mol. The number of nitrogens with zero attached hydrogens (tertiary/aromatic N) is 2. The Hall–Kier alpha value is -4.24. The van der Waals surface area contributed by atoms with E-state index in [1.54, 1.807) is 0 Å². The van der Waals surface area contributed by atoms with E-state index in [0.29, 0.717) is 18.7 Å². The van der Waals surface area contributed by atoms with Crippen LogP contribution in [0.3, 0.4) is 0 Å². The number of hydrogen-bond acceptors (Lipinski definition) is 2. The van der Waals surface area contributed by atoms with E-state index < -0.39 is 0 Å². The maximum absolute atomic E-state index is 14.0. The van der Waals surface area contributed by atoms with Gasteiger partial charge in [-0.25, -0.2) is 4.98 Å². The minimum atomic E-state index is -0.00140. The molecule has 0 fully saturated rings. The Morgan fingerprint density at radius 3 is 1.76 bits per heavy atom. The first kappa shape index (κ1) is 20.7. The third-order valence-electron chi connectivity index (χ3n) is 5.74. The van der Waals surface area contributed by atoms with Crippen LogP contribution in [0, 0.1) is 0 Å². The van der Waals surface area contributed by atoms with Crippen molar-refractivity contribution in [1.82, 2.24) is 9.88 Å². The molecule has 33 heavy (non-hydrogen) atoms. The van der Waals surface area contributed by atoms with Crippen molar-refractivity contribution in [3.8, 4) is 11.3 Å². The molecule has 4 aromatic carbocycles. The number of carbonyl (C=O) groups is 1. The van der Waals surface area contributed by atoms with E-state index in [9.17, 15) is 4.79 Å². The van der Waals surface area contributed by atoms with Gasteiger partial charge in [0, 0.05) is 24.0 Å². The lowest BCUT2D eigenvalue weighted by Gasteiger charge is -2.24. The maximum Gasteiger partial charge on any atom is 0.255 e. The molecule has 0 atom stereocenters. The van der Waals surface area contributed by atoms with Crippen molar-refractivity contribution in [2.24, 2.45) is 0 Å². The summed E-state index contributed by atoms with van der Waals surface area (Å²) in [5.41, 5.74) is 5.49. The van der Waals surface area contributed by atoms with Crippen LogP contribution in [0.4, 0.5) is 0 Å². The van der Waals surface area contributed by atoms with Gasteiger partial charge in [0.05, 0.1) is 16.8 Å². The summed E-state index contributed by atoms with van der Waals surface area (Å²) >= 11 is 0. The average molecular weight is 429 g/mol. The molecule has 3 nitrogen and oxygen atoms in total. The van der Waals surface area contributed by atoms with Gasteiger partial charge in [-0.3, -0.25) is 4.79 Å². The number of hydrogen-bond donors (Lipinski definition) is 0. The molecule has 0 aliphatic carbocycles. The number of aromatic nitrogens is 1. The van der Waals surface area contributed by atoms with E-state index in [-0.39, 0.29) is 5.91 Å². The van der Waals surface area contributed by atoms with Gasteiger partial charge in [-0.15, -0.1) is 0 Å². The first-order chi connectivity index (χ1) is 16.3. The van der Waals surface area contributed by atoms with E-state index in [4.69, 9.17) is 4.98 Å². The zero-order valence-electron chi connectivity index (χ0n) is 18.3. The van der Waals surface area contributed by atoms with Crippen molar-refractivity contribution in [2.45, 2.75) is 13.1 Å². The molecule has 1 aromatic heterocycles. The van der Waals surface area contributed by atoms with Crippen molar-refractivity contribution >= 4 is 16.8 Å². The Balaban J connectivity index is 1.60. The van der Waals surface area contributed by atoms with Crippen molar-refractivity contribution in [2.75, 3.05) is 0 Å². The van der Waals surface area contributed by atoms with Crippen LogP contribution in [0.5, 0.6) is 0 Å². The summed E-state index contributed by atoms with van der Waals surface area (Å²) in [5, 5.41) is 0.869. The standard InChI is InChI=1S/C30H24N2O/c33-30(32(21-23-12-4-1-5-13-23)22-24-14-6-2-7-15-24)27-20-29(25-16-8-3-9-17-25)31-28-19-11-10-18-26(27)28/h1-20H,21-22H2. The molecule has 0 unspecified atom stereocenters. The van der Waals surface area contributed by atoms with Crippen LogP contribution in [0.25, 0.3) is 22.2 Å². The largest absolute Gasteiger partial charge is 0.330 e. The fraction of sp³-hybridized carbons (Fsp3) is 0.0667. The molecule has 0 bridgehead atoms. The summed E-state index contributed by atoms with van der Waals surface area (Å²) in [6.45, 7) is 1.07. The first-order valence-corrected chi connectivity index (χ1v) is 11.1. The maximum atomic E-state index is 14.0. The third-order valence-corrected chi connectivity index (χ3v) is 5.74. The predicted molar refractivity (Wildman–Crippen MR) is 134 cm³/mol. The Bertz CT molecular complexity index is 1320. The topological polar surface area (TPSA) is 33.2 Å². The predicted octanol–water partition coefficient (Wildman–Crippen LogP) is 6.74. The number of pyridine rings is 1. The quantitative estimate of drug-likeness (QED) is 0.300. The molecule has 0 saturated carbocycles. The lowest BCUT2D eigenvalue weighted by molar-refractivity contribution is 0.0732. The average Bonchev–Trinajstić information content (AvgIpc) is 2.89. The van der Waals surface area contributed by atoms with Crippen LogP contribution in [0.1, 0.15) is 21.5 Å². The molecule has 3 heteroatoms. The van der Waals surface area contributed by atoms with Crippen LogP contribution in [-0.4, -0.2) is 15.8 Å². The lowest BCUT2D eigenvalue weighted by atomic mass is 10.0. The normalized spacial score (nSPS) is 10.8. The molecule has 5 rings (SSSR count). The summed E-state index contributed by atoms with van der Waals surface area (Å²) in [5.74, 6) is -0.00140. The Morgan fingerprint density at radius 2 is 1.15 bits per heavy atom. The van der Waals surface area contributed by atoms with Gasteiger partial charge in [0.15, 0.2) is 0 Å². The second-order valence-corrected chi connectivity index (χ2v) is 8.07.